The number of tetrazole rings is 1. The fourth-order valence-electron chi connectivity index (χ4n) is 3.87. The van der Waals surface area contributed by atoms with Crippen molar-refractivity contribution in [3.05, 3.63) is 66.2 Å². The van der Waals surface area contributed by atoms with E-state index in [2.05, 4.69) is 25.3 Å². The van der Waals surface area contributed by atoms with Crippen molar-refractivity contribution in [1.29, 1.82) is 0 Å². The number of anilines is 1. The zero-order chi connectivity index (χ0) is 18.9. The first kappa shape index (κ1) is 17.6. The number of aliphatic hydroxyl groups is 1. The van der Waals surface area contributed by atoms with Crippen LogP contribution in [0.1, 0.15) is 12.0 Å². The number of aromatic nitrogens is 4. The van der Waals surface area contributed by atoms with Crippen molar-refractivity contribution in [2.24, 2.45) is 0 Å². The van der Waals surface area contributed by atoms with Crippen LogP contribution in [0.2, 0.25) is 0 Å². The molecule has 1 aromatic heterocycles. The third-order valence-corrected chi connectivity index (χ3v) is 5.34. The normalized spacial score (nSPS) is 23.0. The molecule has 4 rings (SSSR count). The van der Waals surface area contributed by atoms with E-state index >= 15 is 0 Å². The van der Waals surface area contributed by atoms with Gasteiger partial charge in [-0.15, -0.1) is 0 Å². The topological polar surface area (TPSA) is 70.3 Å². The molecule has 0 amide bonds. The van der Waals surface area contributed by atoms with Gasteiger partial charge in [0.2, 0.25) is 5.95 Å². The molecule has 27 heavy (non-hydrogen) atoms. The number of para-hydroxylation sites is 1. The van der Waals surface area contributed by atoms with Gasteiger partial charge < -0.3 is 14.9 Å². The minimum atomic E-state index is -0.910. The summed E-state index contributed by atoms with van der Waals surface area (Å²) in [6, 6.07) is 19.7. The lowest BCUT2D eigenvalue weighted by atomic mass is 9.80. The van der Waals surface area contributed by atoms with E-state index in [0.29, 0.717) is 25.5 Å². The molecular formula is C20H24N6O. The van der Waals surface area contributed by atoms with E-state index in [9.17, 15) is 5.11 Å². The van der Waals surface area contributed by atoms with E-state index in [1.807, 2.05) is 74.8 Å². The van der Waals surface area contributed by atoms with Crippen LogP contribution < -0.4 is 4.90 Å². The second-order valence-corrected chi connectivity index (χ2v) is 7.19. The van der Waals surface area contributed by atoms with E-state index in [0.717, 1.165) is 11.3 Å². The summed E-state index contributed by atoms with van der Waals surface area (Å²) in [5.41, 5.74) is 0.959. The minimum Gasteiger partial charge on any atom is -0.383 e. The van der Waals surface area contributed by atoms with Crippen LogP contribution in [0.4, 0.5) is 5.95 Å². The SMILES string of the molecule is CN(C)[C@@H]1CN(c2nnnn2-c2ccccc2)CC[C@]1(O)c1ccccc1. The highest BCUT2D eigenvalue weighted by Crippen LogP contribution is 2.36. The summed E-state index contributed by atoms with van der Waals surface area (Å²) in [4.78, 5) is 4.23. The van der Waals surface area contributed by atoms with Gasteiger partial charge in [0.15, 0.2) is 0 Å². The quantitative estimate of drug-likeness (QED) is 0.760. The van der Waals surface area contributed by atoms with Gasteiger partial charge in [-0.05, 0) is 48.6 Å². The van der Waals surface area contributed by atoms with Crippen LogP contribution in [-0.4, -0.2) is 63.4 Å². The second kappa shape index (κ2) is 7.09. The number of benzene rings is 2. The van der Waals surface area contributed by atoms with Crippen LogP contribution in [-0.2, 0) is 5.60 Å². The van der Waals surface area contributed by atoms with Gasteiger partial charge in [-0.3, -0.25) is 0 Å². The molecule has 3 aromatic rings. The maximum absolute atomic E-state index is 11.5. The lowest BCUT2D eigenvalue weighted by Crippen LogP contribution is -2.59. The smallest absolute Gasteiger partial charge is 0.250 e. The molecule has 1 saturated heterocycles. The highest BCUT2D eigenvalue weighted by molar-refractivity contribution is 5.42. The van der Waals surface area contributed by atoms with Crippen LogP contribution in [0.15, 0.2) is 60.7 Å². The molecule has 1 fully saturated rings. The lowest BCUT2D eigenvalue weighted by molar-refractivity contribution is -0.0529. The molecule has 1 N–H and O–H groups in total. The van der Waals surface area contributed by atoms with Crippen molar-refractivity contribution in [3.8, 4) is 5.69 Å². The first-order chi connectivity index (χ1) is 13.1. The summed E-state index contributed by atoms with van der Waals surface area (Å²) in [7, 11) is 4.00. The molecule has 2 heterocycles. The van der Waals surface area contributed by atoms with Crippen LogP contribution in [0.25, 0.3) is 5.69 Å². The Bertz CT molecular complexity index is 882. The highest BCUT2D eigenvalue weighted by atomic mass is 16.3. The Morgan fingerprint density at radius 2 is 1.70 bits per heavy atom. The number of piperidine rings is 1. The Morgan fingerprint density at radius 3 is 2.37 bits per heavy atom. The molecule has 140 valence electrons. The van der Waals surface area contributed by atoms with E-state index in [-0.39, 0.29) is 6.04 Å². The molecule has 0 saturated carbocycles. The van der Waals surface area contributed by atoms with Crippen LogP contribution in [0.3, 0.4) is 0 Å². The van der Waals surface area contributed by atoms with Crippen molar-refractivity contribution in [1.82, 2.24) is 25.1 Å². The van der Waals surface area contributed by atoms with Crippen LogP contribution in [0.5, 0.6) is 0 Å². The molecule has 0 spiro atoms. The molecule has 2 atom stereocenters. The predicted molar refractivity (Wildman–Crippen MR) is 104 cm³/mol. The number of nitrogens with zero attached hydrogens (tertiary/aromatic N) is 6. The highest BCUT2D eigenvalue weighted by Gasteiger charge is 2.45. The van der Waals surface area contributed by atoms with Gasteiger partial charge in [0.25, 0.3) is 0 Å². The molecule has 0 aliphatic carbocycles. The summed E-state index contributed by atoms with van der Waals surface area (Å²) in [6.07, 6.45) is 0.599. The summed E-state index contributed by atoms with van der Waals surface area (Å²) in [6.45, 7) is 1.30. The molecule has 0 unspecified atom stereocenters. The minimum absolute atomic E-state index is 0.0884. The van der Waals surface area contributed by atoms with Crippen LogP contribution in [0, 0.1) is 0 Å². The Kier molecular flexibility index (Phi) is 4.63. The Morgan fingerprint density at radius 1 is 1.04 bits per heavy atom. The predicted octanol–water partition coefficient (Wildman–Crippen LogP) is 1.69. The summed E-state index contributed by atoms with van der Waals surface area (Å²) in [5, 5.41) is 23.9. The molecule has 7 heteroatoms. The first-order valence-electron chi connectivity index (χ1n) is 9.12. The van der Waals surface area contributed by atoms with Gasteiger partial charge in [-0.1, -0.05) is 53.6 Å². The molecule has 1 aliphatic heterocycles. The number of hydrogen-bond acceptors (Lipinski definition) is 6. The maximum Gasteiger partial charge on any atom is 0.250 e. The number of likely N-dealkylation sites (N-methyl/N-ethyl adjacent to an activating group) is 1. The first-order valence-corrected chi connectivity index (χ1v) is 9.12. The van der Waals surface area contributed by atoms with Crippen molar-refractivity contribution in [2.75, 3.05) is 32.1 Å². The van der Waals surface area contributed by atoms with Gasteiger partial charge >= 0.3 is 0 Å². The van der Waals surface area contributed by atoms with Crippen molar-refractivity contribution in [3.63, 3.8) is 0 Å². The Balaban J connectivity index is 1.65. The Labute approximate surface area is 158 Å². The molecule has 1 aliphatic rings. The zero-order valence-corrected chi connectivity index (χ0v) is 15.6. The third kappa shape index (κ3) is 3.20. The maximum atomic E-state index is 11.5. The number of rotatable bonds is 4. The molecule has 0 bridgehead atoms. The molecule has 2 aromatic carbocycles. The fraction of sp³-hybridized carbons (Fsp3) is 0.350. The summed E-state index contributed by atoms with van der Waals surface area (Å²) in [5.74, 6) is 0.697. The van der Waals surface area contributed by atoms with Crippen LogP contribution >= 0.6 is 0 Å². The number of hydrogen-bond donors (Lipinski definition) is 1. The van der Waals surface area contributed by atoms with Crippen molar-refractivity contribution in [2.45, 2.75) is 18.1 Å². The van der Waals surface area contributed by atoms with Gasteiger partial charge in [-0.2, -0.15) is 4.68 Å². The summed E-state index contributed by atoms with van der Waals surface area (Å²) < 4.78 is 1.75. The van der Waals surface area contributed by atoms with Gasteiger partial charge in [0.05, 0.1) is 11.7 Å². The molecule has 7 nitrogen and oxygen atoms in total. The third-order valence-electron chi connectivity index (χ3n) is 5.34. The molecule has 0 radical (unpaired) electrons. The van der Waals surface area contributed by atoms with Gasteiger partial charge in [-0.25, -0.2) is 0 Å². The molecular weight excluding hydrogens is 340 g/mol. The summed E-state index contributed by atoms with van der Waals surface area (Å²) >= 11 is 0. The van der Waals surface area contributed by atoms with Gasteiger partial charge in [0, 0.05) is 13.1 Å². The Hall–Kier alpha value is -2.77. The van der Waals surface area contributed by atoms with E-state index in [1.165, 1.54) is 0 Å². The fourth-order valence-corrected chi connectivity index (χ4v) is 3.87. The van der Waals surface area contributed by atoms with Gasteiger partial charge in [0.1, 0.15) is 5.60 Å². The second-order valence-electron chi connectivity index (χ2n) is 7.19. The van der Waals surface area contributed by atoms with E-state index in [1.54, 1.807) is 4.68 Å². The average molecular weight is 364 g/mol. The van der Waals surface area contributed by atoms with E-state index in [4.69, 9.17) is 0 Å². The largest absolute Gasteiger partial charge is 0.383 e. The van der Waals surface area contributed by atoms with Crippen molar-refractivity contribution >= 4 is 5.95 Å². The average Bonchev–Trinajstić information content (AvgIpc) is 3.19. The van der Waals surface area contributed by atoms with E-state index < -0.39 is 5.60 Å². The zero-order valence-electron chi connectivity index (χ0n) is 15.6. The lowest BCUT2D eigenvalue weighted by Gasteiger charge is -2.47. The monoisotopic (exact) mass is 364 g/mol. The standard InChI is InChI=1S/C20H24N6O/c1-24(2)18-15-25(14-13-20(18,27)16-9-5-3-6-10-16)19-21-22-23-26(19)17-11-7-4-8-12-17/h3-12,18,27H,13-15H2,1-2H3/t18-,20+/m1/s1. The van der Waals surface area contributed by atoms with Crippen molar-refractivity contribution < 1.29 is 5.11 Å².